The predicted molar refractivity (Wildman–Crippen MR) is 81.0 cm³/mol. The number of benzene rings is 1. The number of amides is 1. The minimum Gasteiger partial charge on any atom is -0.349 e. The van der Waals surface area contributed by atoms with Crippen molar-refractivity contribution in [3.63, 3.8) is 0 Å². The zero-order valence-electron chi connectivity index (χ0n) is 12.2. The van der Waals surface area contributed by atoms with E-state index in [0.717, 1.165) is 19.5 Å². The third-order valence-corrected chi connectivity index (χ3v) is 3.87. The normalized spacial score (nSPS) is 17.3. The molecule has 0 aliphatic carbocycles. The van der Waals surface area contributed by atoms with Crippen LogP contribution in [0.15, 0.2) is 36.5 Å². The highest BCUT2D eigenvalue weighted by atomic mass is 16.1. The van der Waals surface area contributed by atoms with Crippen molar-refractivity contribution in [1.29, 1.82) is 0 Å². The fourth-order valence-corrected chi connectivity index (χ4v) is 2.63. The molecule has 0 radical (unpaired) electrons. The van der Waals surface area contributed by atoms with Crippen molar-refractivity contribution in [3.8, 4) is 0 Å². The second-order valence-electron chi connectivity index (χ2n) is 5.32. The Labute approximate surface area is 124 Å². The Morgan fingerprint density at radius 2 is 2.19 bits per heavy atom. The maximum Gasteiger partial charge on any atom is 0.271 e. The number of hydrogen-bond donors (Lipinski definition) is 2. The van der Waals surface area contributed by atoms with Crippen LogP contribution in [0.2, 0.25) is 0 Å². The Morgan fingerprint density at radius 1 is 1.38 bits per heavy atom. The van der Waals surface area contributed by atoms with E-state index >= 15 is 0 Å². The first-order valence-corrected chi connectivity index (χ1v) is 7.38. The van der Waals surface area contributed by atoms with Gasteiger partial charge in [0.15, 0.2) is 0 Å². The van der Waals surface area contributed by atoms with Crippen molar-refractivity contribution in [1.82, 2.24) is 20.4 Å². The lowest BCUT2D eigenvalue weighted by Crippen LogP contribution is -2.44. The van der Waals surface area contributed by atoms with Gasteiger partial charge in [0.2, 0.25) is 0 Å². The molecular formula is C16H20N4O. The Hall–Kier alpha value is -2.14. The quantitative estimate of drug-likeness (QED) is 0.891. The number of carbonyl (C=O) groups is 1. The Morgan fingerprint density at radius 3 is 2.95 bits per heavy atom. The number of fused-ring (bicyclic) bond motifs is 1. The molecule has 1 unspecified atom stereocenters. The molecule has 1 aromatic heterocycles. The van der Waals surface area contributed by atoms with Gasteiger partial charge in [-0.3, -0.25) is 9.48 Å². The Kier molecular flexibility index (Phi) is 4.01. The predicted octanol–water partition coefficient (Wildman–Crippen LogP) is 1.35. The second kappa shape index (κ2) is 6.10. The van der Waals surface area contributed by atoms with Crippen LogP contribution in [0.1, 0.15) is 28.5 Å². The lowest BCUT2D eigenvalue weighted by Gasteiger charge is -2.26. The van der Waals surface area contributed by atoms with E-state index in [2.05, 4.69) is 40.0 Å². The first kappa shape index (κ1) is 13.8. The fraction of sp³-hybridized carbons (Fsp3) is 0.375. The zero-order chi connectivity index (χ0) is 14.7. The summed E-state index contributed by atoms with van der Waals surface area (Å²) in [4.78, 5) is 12.0. The van der Waals surface area contributed by atoms with Crippen LogP contribution in [-0.4, -0.2) is 28.3 Å². The molecule has 0 spiro atoms. The van der Waals surface area contributed by atoms with Crippen LogP contribution < -0.4 is 10.6 Å². The van der Waals surface area contributed by atoms with Crippen LogP contribution in [0.3, 0.4) is 0 Å². The number of aryl methyl sites for hydroxylation is 1. The van der Waals surface area contributed by atoms with Crippen molar-refractivity contribution in [2.24, 2.45) is 0 Å². The molecule has 0 fully saturated rings. The second-order valence-corrected chi connectivity index (χ2v) is 5.32. The average Bonchev–Trinajstić information content (AvgIpc) is 3.01. The van der Waals surface area contributed by atoms with Gasteiger partial charge in [0.25, 0.3) is 5.91 Å². The third-order valence-electron chi connectivity index (χ3n) is 3.87. The van der Waals surface area contributed by atoms with E-state index in [1.165, 1.54) is 11.1 Å². The standard InChI is InChI=1S/C16H20N4O/c1-2-20-8-7-15(19-20)16(21)18-11-14-9-12-5-3-4-6-13(12)10-17-14/h3-8,14,17H,2,9-11H2,1H3,(H,18,21). The summed E-state index contributed by atoms with van der Waals surface area (Å²) in [5.74, 6) is -0.108. The van der Waals surface area contributed by atoms with Crippen LogP contribution >= 0.6 is 0 Å². The number of aromatic nitrogens is 2. The van der Waals surface area contributed by atoms with Crippen LogP contribution in [0.4, 0.5) is 0 Å². The summed E-state index contributed by atoms with van der Waals surface area (Å²) in [5.41, 5.74) is 3.19. The Bertz CT molecular complexity index is 635. The largest absolute Gasteiger partial charge is 0.349 e. The smallest absolute Gasteiger partial charge is 0.271 e. The van der Waals surface area contributed by atoms with Gasteiger partial charge in [0.05, 0.1) is 0 Å². The van der Waals surface area contributed by atoms with Crippen molar-refractivity contribution < 1.29 is 4.79 Å². The summed E-state index contributed by atoms with van der Waals surface area (Å²) < 4.78 is 1.75. The van der Waals surface area contributed by atoms with Crippen molar-refractivity contribution in [2.75, 3.05) is 6.54 Å². The maximum atomic E-state index is 12.0. The van der Waals surface area contributed by atoms with Gasteiger partial charge < -0.3 is 10.6 Å². The van der Waals surface area contributed by atoms with Gasteiger partial charge in [-0.15, -0.1) is 0 Å². The highest BCUT2D eigenvalue weighted by Crippen LogP contribution is 2.15. The van der Waals surface area contributed by atoms with Crippen LogP contribution in [0, 0.1) is 0 Å². The van der Waals surface area contributed by atoms with Gasteiger partial charge in [-0.2, -0.15) is 5.10 Å². The van der Waals surface area contributed by atoms with E-state index in [-0.39, 0.29) is 11.9 Å². The molecule has 3 rings (SSSR count). The summed E-state index contributed by atoms with van der Waals surface area (Å²) in [5, 5.41) is 10.6. The van der Waals surface area contributed by atoms with E-state index < -0.39 is 0 Å². The molecule has 5 nitrogen and oxygen atoms in total. The SMILES string of the molecule is CCn1ccc(C(=O)NCC2Cc3ccccc3CN2)n1. The number of carbonyl (C=O) groups excluding carboxylic acids is 1. The van der Waals surface area contributed by atoms with Crippen molar-refractivity contribution in [3.05, 3.63) is 53.3 Å². The van der Waals surface area contributed by atoms with Crippen molar-refractivity contribution >= 4 is 5.91 Å². The average molecular weight is 284 g/mol. The lowest BCUT2D eigenvalue weighted by atomic mass is 9.96. The molecule has 2 N–H and O–H groups in total. The Balaban J connectivity index is 1.55. The first-order chi connectivity index (χ1) is 10.3. The molecule has 1 atom stereocenters. The molecule has 1 aliphatic heterocycles. The monoisotopic (exact) mass is 284 g/mol. The molecule has 0 saturated heterocycles. The number of nitrogens with one attached hydrogen (secondary N) is 2. The number of nitrogens with zero attached hydrogens (tertiary/aromatic N) is 2. The van der Waals surface area contributed by atoms with Crippen LogP contribution in [-0.2, 0) is 19.5 Å². The van der Waals surface area contributed by atoms with Crippen LogP contribution in [0.5, 0.6) is 0 Å². The minimum atomic E-state index is -0.108. The summed E-state index contributed by atoms with van der Waals surface area (Å²) in [6.45, 7) is 4.25. The number of hydrogen-bond acceptors (Lipinski definition) is 3. The topological polar surface area (TPSA) is 59.0 Å². The molecule has 5 heteroatoms. The van der Waals surface area contributed by atoms with Gasteiger partial charge in [-0.25, -0.2) is 0 Å². The highest BCUT2D eigenvalue weighted by molar-refractivity contribution is 5.92. The summed E-state index contributed by atoms with van der Waals surface area (Å²) in [6, 6.07) is 10.5. The molecule has 21 heavy (non-hydrogen) atoms. The molecule has 2 heterocycles. The molecule has 1 aliphatic rings. The van der Waals surface area contributed by atoms with E-state index in [1.54, 1.807) is 10.7 Å². The van der Waals surface area contributed by atoms with Crippen molar-refractivity contribution in [2.45, 2.75) is 32.5 Å². The van der Waals surface area contributed by atoms with Gasteiger partial charge in [0, 0.05) is 31.9 Å². The molecular weight excluding hydrogens is 264 g/mol. The lowest BCUT2D eigenvalue weighted by molar-refractivity contribution is 0.0943. The molecule has 0 bridgehead atoms. The third kappa shape index (κ3) is 3.13. The van der Waals surface area contributed by atoms with E-state index in [4.69, 9.17) is 0 Å². The van der Waals surface area contributed by atoms with E-state index in [9.17, 15) is 4.79 Å². The molecule has 2 aromatic rings. The van der Waals surface area contributed by atoms with Gasteiger partial charge in [0.1, 0.15) is 5.69 Å². The first-order valence-electron chi connectivity index (χ1n) is 7.38. The molecule has 110 valence electrons. The maximum absolute atomic E-state index is 12.0. The summed E-state index contributed by atoms with van der Waals surface area (Å²) >= 11 is 0. The van der Waals surface area contributed by atoms with E-state index in [0.29, 0.717) is 12.2 Å². The molecule has 1 aromatic carbocycles. The summed E-state index contributed by atoms with van der Waals surface area (Å²) in [7, 11) is 0. The number of rotatable bonds is 4. The minimum absolute atomic E-state index is 0.108. The summed E-state index contributed by atoms with van der Waals surface area (Å²) in [6.07, 6.45) is 2.77. The fourth-order valence-electron chi connectivity index (χ4n) is 2.63. The molecule has 0 saturated carbocycles. The van der Waals surface area contributed by atoms with Gasteiger partial charge in [-0.05, 0) is 30.5 Å². The molecule has 1 amide bonds. The van der Waals surface area contributed by atoms with Crippen LogP contribution in [0.25, 0.3) is 0 Å². The highest BCUT2D eigenvalue weighted by Gasteiger charge is 2.18. The van der Waals surface area contributed by atoms with E-state index in [1.807, 2.05) is 13.1 Å². The van der Waals surface area contributed by atoms with Gasteiger partial charge >= 0.3 is 0 Å². The van der Waals surface area contributed by atoms with Gasteiger partial charge in [-0.1, -0.05) is 24.3 Å². The zero-order valence-corrected chi connectivity index (χ0v) is 12.2.